The molecule has 0 heterocycles. The van der Waals surface area contributed by atoms with Gasteiger partial charge in [-0.2, -0.15) is 0 Å². The van der Waals surface area contributed by atoms with Gasteiger partial charge in [-0.05, 0) is 39.5 Å². The van der Waals surface area contributed by atoms with E-state index in [9.17, 15) is 29.4 Å². The molecule has 0 N–H and O–H groups in total. The first-order valence-corrected chi connectivity index (χ1v) is 9.68. The Morgan fingerprint density at radius 1 is 0.571 bits per heavy atom. The third kappa shape index (κ3) is 9.81. The van der Waals surface area contributed by atoms with Crippen molar-refractivity contribution in [3.63, 3.8) is 0 Å². The number of hydrogen-bond donors (Lipinski definition) is 0. The number of carboxylic acids is 2. The van der Waals surface area contributed by atoms with Crippen molar-refractivity contribution in [3.8, 4) is 0 Å². The molecule has 2 aliphatic carbocycles. The molecule has 0 aromatic carbocycles. The zero-order valence-electron chi connectivity index (χ0n) is 18.4. The van der Waals surface area contributed by atoms with Crippen LogP contribution in [0.5, 0.6) is 0 Å². The van der Waals surface area contributed by atoms with Crippen molar-refractivity contribution >= 4 is 23.5 Å². The number of carbonyl (C=O) groups excluding carboxylic acids is 4. The Bertz CT molecular complexity index is 397. The van der Waals surface area contributed by atoms with Crippen molar-refractivity contribution < 1.29 is 29.4 Å². The summed E-state index contributed by atoms with van der Waals surface area (Å²) in [4.78, 5) is 43.3. The normalized spacial score (nSPS) is 25.7. The molecule has 0 aromatic heterocycles. The molecule has 0 saturated heterocycles. The molecule has 28 heavy (non-hydrogen) atoms. The van der Waals surface area contributed by atoms with Crippen LogP contribution in [0.15, 0.2) is 0 Å². The Morgan fingerprint density at radius 2 is 0.786 bits per heavy atom. The summed E-state index contributed by atoms with van der Waals surface area (Å²) in [7, 11) is 0. The summed E-state index contributed by atoms with van der Waals surface area (Å²) >= 11 is 0. The number of ketones is 2. The van der Waals surface area contributed by atoms with E-state index >= 15 is 0 Å². The van der Waals surface area contributed by atoms with Gasteiger partial charge in [-0.3, -0.25) is 9.59 Å². The molecular formula is C22H38O6. The SMILES string of the molecule is CC.CC(=O)C1CCCCC1C(=O)[O-].CC(=O)C1CCCCC1C(=O)[O-].[CH3+].[CH3+]. The van der Waals surface area contributed by atoms with Crippen molar-refractivity contribution in [2.24, 2.45) is 23.7 Å². The van der Waals surface area contributed by atoms with Crippen LogP contribution in [0.2, 0.25) is 0 Å². The van der Waals surface area contributed by atoms with Crippen molar-refractivity contribution in [1.29, 1.82) is 0 Å². The highest BCUT2D eigenvalue weighted by atomic mass is 16.4. The molecule has 162 valence electrons. The predicted molar refractivity (Wildman–Crippen MR) is 106 cm³/mol. The third-order valence-electron chi connectivity index (χ3n) is 5.18. The maximum absolute atomic E-state index is 11.0. The summed E-state index contributed by atoms with van der Waals surface area (Å²) < 4.78 is 0. The average Bonchev–Trinajstić information content (AvgIpc) is 2.63. The highest BCUT2D eigenvalue weighted by Gasteiger charge is 2.29. The van der Waals surface area contributed by atoms with E-state index in [0.717, 1.165) is 25.7 Å². The van der Waals surface area contributed by atoms with Crippen LogP contribution in [0, 0.1) is 38.5 Å². The van der Waals surface area contributed by atoms with Gasteiger partial charge >= 0.3 is 0 Å². The Hall–Kier alpha value is -1.98. The van der Waals surface area contributed by atoms with Gasteiger partial charge in [-0.15, -0.1) is 0 Å². The molecule has 2 aliphatic rings. The lowest BCUT2D eigenvalue weighted by Crippen LogP contribution is -2.40. The first-order valence-electron chi connectivity index (χ1n) is 9.68. The summed E-state index contributed by atoms with van der Waals surface area (Å²) in [6, 6.07) is 0. The molecule has 0 aliphatic heterocycles. The van der Waals surface area contributed by atoms with Gasteiger partial charge < -0.3 is 19.8 Å². The van der Waals surface area contributed by atoms with Crippen molar-refractivity contribution in [3.05, 3.63) is 14.9 Å². The Balaban J connectivity index is -0.000000385. The van der Waals surface area contributed by atoms with E-state index in [0.29, 0.717) is 25.7 Å². The lowest BCUT2D eigenvalue weighted by molar-refractivity contribution is -0.315. The van der Waals surface area contributed by atoms with E-state index in [1.165, 1.54) is 13.8 Å². The third-order valence-corrected chi connectivity index (χ3v) is 5.18. The fourth-order valence-corrected chi connectivity index (χ4v) is 3.80. The van der Waals surface area contributed by atoms with Gasteiger partial charge in [0, 0.05) is 50.5 Å². The zero-order chi connectivity index (χ0) is 20.3. The molecular weight excluding hydrogens is 360 g/mol. The highest BCUT2D eigenvalue weighted by molar-refractivity contribution is 5.84. The van der Waals surface area contributed by atoms with E-state index in [2.05, 4.69) is 0 Å². The largest absolute Gasteiger partial charge is 0.550 e. The topological polar surface area (TPSA) is 114 Å². The van der Waals surface area contributed by atoms with Gasteiger partial charge in [-0.25, -0.2) is 0 Å². The van der Waals surface area contributed by atoms with Gasteiger partial charge in [0.15, 0.2) is 0 Å². The molecule has 2 saturated carbocycles. The molecule has 6 heteroatoms. The number of hydrogen-bond acceptors (Lipinski definition) is 6. The average molecular weight is 399 g/mol. The van der Waals surface area contributed by atoms with Crippen LogP contribution < -0.4 is 10.2 Å². The van der Waals surface area contributed by atoms with Gasteiger partial charge in [0.1, 0.15) is 11.6 Å². The second-order valence-electron chi connectivity index (χ2n) is 6.85. The molecule has 4 unspecified atom stereocenters. The summed E-state index contributed by atoms with van der Waals surface area (Å²) in [5.41, 5.74) is 0. The van der Waals surface area contributed by atoms with Gasteiger partial charge in [0.2, 0.25) is 0 Å². The van der Waals surface area contributed by atoms with Crippen molar-refractivity contribution in [1.82, 2.24) is 0 Å². The van der Waals surface area contributed by atoms with E-state index < -0.39 is 23.8 Å². The van der Waals surface area contributed by atoms with Gasteiger partial charge in [0.05, 0.1) is 0 Å². The first kappa shape index (κ1) is 30.7. The Labute approximate surface area is 171 Å². The van der Waals surface area contributed by atoms with E-state index in [-0.39, 0.29) is 38.3 Å². The zero-order valence-corrected chi connectivity index (χ0v) is 18.4. The van der Waals surface area contributed by atoms with Crippen molar-refractivity contribution in [2.45, 2.75) is 79.1 Å². The maximum Gasteiger partial charge on any atom is 0.133 e. The predicted octanol–water partition coefficient (Wildman–Crippen LogP) is 2.19. The maximum atomic E-state index is 11.0. The molecule has 0 amide bonds. The number of aliphatic carboxylic acids is 2. The second-order valence-corrected chi connectivity index (χ2v) is 6.85. The van der Waals surface area contributed by atoms with Crippen LogP contribution in [-0.4, -0.2) is 23.5 Å². The van der Waals surface area contributed by atoms with Gasteiger partial charge in [-0.1, -0.05) is 39.5 Å². The summed E-state index contributed by atoms with van der Waals surface area (Å²) in [6.07, 6.45) is 6.38. The summed E-state index contributed by atoms with van der Waals surface area (Å²) in [6.45, 7) is 6.93. The fraction of sp³-hybridized carbons (Fsp3) is 0.727. The Morgan fingerprint density at radius 3 is 0.929 bits per heavy atom. The monoisotopic (exact) mass is 398 g/mol. The van der Waals surface area contributed by atoms with Crippen LogP contribution in [0.4, 0.5) is 0 Å². The number of Topliss-reactive ketones (excluding diaryl/α,β-unsaturated/α-hetero) is 2. The van der Waals surface area contributed by atoms with E-state index in [4.69, 9.17) is 0 Å². The molecule has 0 bridgehead atoms. The molecule has 0 spiro atoms. The van der Waals surface area contributed by atoms with Crippen LogP contribution in [0.1, 0.15) is 79.1 Å². The van der Waals surface area contributed by atoms with Crippen molar-refractivity contribution in [2.75, 3.05) is 0 Å². The quantitative estimate of drug-likeness (QED) is 0.671. The standard InChI is InChI=1S/2C9H14O3.C2H6.2CH3/c2*1-6(10)7-4-2-3-5-8(7)9(11)12;1-2;;/h2*7-8H,2-5H2,1H3,(H,11,12);1-2H3;2*1H3/q;;;2*+1/p-2. The highest BCUT2D eigenvalue weighted by Crippen LogP contribution is 2.30. The van der Waals surface area contributed by atoms with E-state index in [1.807, 2.05) is 13.8 Å². The summed E-state index contributed by atoms with van der Waals surface area (Å²) in [5.74, 6) is -3.78. The van der Waals surface area contributed by atoms with Crippen LogP contribution in [0.3, 0.4) is 0 Å². The van der Waals surface area contributed by atoms with Gasteiger partial charge in [0.25, 0.3) is 0 Å². The number of carboxylic acid groups (broad SMARTS) is 2. The molecule has 0 aromatic rings. The smallest absolute Gasteiger partial charge is 0.133 e. The van der Waals surface area contributed by atoms with Crippen LogP contribution >= 0.6 is 0 Å². The number of rotatable bonds is 4. The minimum Gasteiger partial charge on any atom is -0.550 e. The molecule has 0 radical (unpaired) electrons. The fourth-order valence-electron chi connectivity index (χ4n) is 3.80. The molecule has 6 nitrogen and oxygen atoms in total. The minimum absolute atomic E-state index is 0. The van der Waals surface area contributed by atoms with E-state index in [1.54, 1.807) is 0 Å². The van der Waals surface area contributed by atoms with Crippen LogP contribution in [-0.2, 0) is 19.2 Å². The summed E-state index contributed by atoms with van der Waals surface area (Å²) in [5, 5.41) is 21.2. The second kappa shape index (κ2) is 16.0. The molecule has 2 rings (SSSR count). The minimum atomic E-state index is -1.06. The Kier molecular flexibility index (Phi) is 17.6. The molecule has 2 fully saturated rings. The lowest BCUT2D eigenvalue weighted by Gasteiger charge is -2.30. The molecule has 4 atom stereocenters. The first-order chi connectivity index (χ1) is 12.3. The lowest BCUT2D eigenvalue weighted by atomic mass is 9.77. The number of carbonyl (C=O) groups is 4. The van der Waals surface area contributed by atoms with Crippen LogP contribution in [0.25, 0.3) is 0 Å².